The van der Waals surface area contributed by atoms with Gasteiger partial charge in [-0.15, -0.1) is 13.2 Å². The third kappa shape index (κ3) is 19.7. The summed E-state index contributed by atoms with van der Waals surface area (Å²) in [6.45, 7) is 24.6. The topological polar surface area (TPSA) is 0 Å². The van der Waals surface area contributed by atoms with Gasteiger partial charge in [0.1, 0.15) is 0 Å². The molecule has 1 aliphatic carbocycles. The van der Waals surface area contributed by atoms with Crippen LogP contribution in [0, 0.1) is 0 Å². The van der Waals surface area contributed by atoms with Gasteiger partial charge >= 0.3 is 0 Å². The first-order chi connectivity index (χ1) is 9.20. The summed E-state index contributed by atoms with van der Waals surface area (Å²) in [5, 5.41) is 0. The molecule has 1 saturated carbocycles. The van der Waals surface area contributed by atoms with Crippen LogP contribution in [-0.4, -0.2) is 0 Å². The van der Waals surface area contributed by atoms with E-state index in [2.05, 4.69) is 40.0 Å². The van der Waals surface area contributed by atoms with E-state index in [0.717, 1.165) is 0 Å². The van der Waals surface area contributed by atoms with Crippen LogP contribution < -0.4 is 0 Å². The number of hydrogen-bond acceptors (Lipinski definition) is 0. The highest BCUT2D eigenvalue weighted by Crippen LogP contribution is 2.25. The molecule has 1 rings (SSSR count). The zero-order valence-corrected chi connectivity index (χ0v) is 15.3. The molecular weight excluding hydrogens is 228 g/mol. The van der Waals surface area contributed by atoms with Crippen molar-refractivity contribution >= 4 is 0 Å². The Morgan fingerprint density at radius 1 is 0.789 bits per heavy atom. The van der Waals surface area contributed by atoms with Crippen molar-refractivity contribution in [2.45, 2.75) is 88.0 Å². The van der Waals surface area contributed by atoms with Gasteiger partial charge in [0.2, 0.25) is 0 Å². The average molecular weight is 269 g/mol. The Kier molecular flexibility index (Phi) is 36.5. The summed E-state index contributed by atoms with van der Waals surface area (Å²) in [7, 11) is 0. The summed E-state index contributed by atoms with van der Waals surface area (Å²) in [6, 6.07) is 0. The van der Waals surface area contributed by atoms with E-state index >= 15 is 0 Å². The Morgan fingerprint density at radius 2 is 1.11 bits per heavy atom. The molecule has 0 heteroatoms. The molecular formula is C19H40. The molecule has 0 spiro atoms. The van der Waals surface area contributed by atoms with E-state index in [1.165, 1.54) is 36.8 Å². The Balaban J connectivity index is -0.000000121. The minimum absolute atomic E-state index is 1.34. The van der Waals surface area contributed by atoms with Gasteiger partial charge in [-0.2, -0.15) is 0 Å². The van der Waals surface area contributed by atoms with Crippen molar-refractivity contribution in [2.24, 2.45) is 0 Å². The van der Waals surface area contributed by atoms with Crippen LogP contribution in [0.1, 0.15) is 88.0 Å². The second-order valence-electron chi connectivity index (χ2n) is 3.69. The van der Waals surface area contributed by atoms with Crippen molar-refractivity contribution in [3.8, 4) is 0 Å². The highest BCUT2D eigenvalue weighted by Gasteiger charge is 2.05. The Labute approximate surface area is 124 Å². The van der Waals surface area contributed by atoms with Gasteiger partial charge in [-0.3, -0.25) is 0 Å². The van der Waals surface area contributed by atoms with Gasteiger partial charge in [-0.25, -0.2) is 0 Å². The zero-order chi connectivity index (χ0) is 16.3. The molecule has 0 radical (unpaired) electrons. The maximum atomic E-state index is 3.00. The molecule has 0 nitrogen and oxygen atoms in total. The van der Waals surface area contributed by atoms with E-state index in [4.69, 9.17) is 0 Å². The molecule has 0 aromatic heterocycles. The lowest BCUT2D eigenvalue weighted by Gasteiger charge is -1.98. The Bertz CT molecular complexity index is 194. The monoisotopic (exact) mass is 268 g/mol. The van der Waals surface area contributed by atoms with E-state index in [1.807, 2.05) is 41.5 Å². The smallest absolute Gasteiger partial charge is 0.0317 e. The van der Waals surface area contributed by atoms with Crippen molar-refractivity contribution in [2.75, 3.05) is 0 Å². The van der Waals surface area contributed by atoms with E-state index in [1.54, 1.807) is 5.57 Å². The number of allylic oxidation sites excluding steroid dienone is 4. The van der Waals surface area contributed by atoms with Gasteiger partial charge in [-0.1, -0.05) is 64.3 Å². The van der Waals surface area contributed by atoms with Crippen molar-refractivity contribution in [3.63, 3.8) is 0 Å². The van der Waals surface area contributed by atoms with E-state index in [9.17, 15) is 0 Å². The summed E-state index contributed by atoms with van der Waals surface area (Å²) in [5.41, 5.74) is 4.56. The predicted molar refractivity (Wildman–Crippen MR) is 95.9 cm³/mol. The van der Waals surface area contributed by atoms with Crippen LogP contribution in [0.3, 0.4) is 0 Å². The van der Waals surface area contributed by atoms with Crippen molar-refractivity contribution in [1.82, 2.24) is 0 Å². The molecule has 116 valence electrons. The van der Waals surface area contributed by atoms with Crippen LogP contribution in [0.25, 0.3) is 0 Å². The van der Waals surface area contributed by atoms with Gasteiger partial charge < -0.3 is 0 Å². The van der Waals surface area contributed by atoms with Gasteiger partial charge in [0.15, 0.2) is 0 Å². The second-order valence-corrected chi connectivity index (χ2v) is 3.69. The fraction of sp³-hybridized carbons (Fsp3) is 0.684. The molecule has 0 atom stereocenters. The van der Waals surface area contributed by atoms with E-state index < -0.39 is 0 Å². The minimum Gasteiger partial charge on any atom is -0.106 e. The molecule has 0 unspecified atom stereocenters. The SMILES string of the molecule is C=C.CC.CC.CC.CC(C)=C(C)C=C1CCCC1. The maximum absolute atomic E-state index is 3.00. The van der Waals surface area contributed by atoms with Crippen LogP contribution in [0.15, 0.2) is 36.0 Å². The molecule has 0 aromatic rings. The van der Waals surface area contributed by atoms with Crippen LogP contribution in [0.5, 0.6) is 0 Å². The largest absolute Gasteiger partial charge is 0.106 e. The lowest BCUT2D eigenvalue weighted by molar-refractivity contribution is 0.886. The van der Waals surface area contributed by atoms with E-state index in [0.29, 0.717) is 0 Å². The first-order valence-corrected chi connectivity index (χ1v) is 8.03. The first kappa shape index (κ1) is 26.7. The van der Waals surface area contributed by atoms with E-state index in [-0.39, 0.29) is 0 Å². The van der Waals surface area contributed by atoms with Gasteiger partial charge in [0.25, 0.3) is 0 Å². The fourth-order valence-corrected chi connectivity index (χ4v) is 1.42. The summed E-state index contributed by atoms with van der Waals surface area (Å²) >= 11 is 0. The normalized spacial score (nSPS) is 10.9. The maximum Gasteiger partial charge on any atom is -0.0317 e. The van der Waals surface area contributed by atoms with Crippen LogP contribution in [0.2, 0.25) is 0 Å². The summed E-state index contributed by atoms with van der Waals surface area (Å²) in [6.07, 6.45) is 7.86. The minimum atomic E-state index is 1.34. The van der Waals surface area contributed by atoms with Crippen LogP contribution in [-0.2, 0) is 0 Å². The molecule has 0 bridgehead atoms. The van der Waals surface area contributed by atoms with Crippen molar-refractivity contribution in [1.29, 1.82) is 0 Å². The average Bonchev–Trinajstić information content (AvgIpc) is 3.00. The lowest BCUT2D eigenvalue weighted by atomic mass is 10.1. The highest BCUT2D eigenvalue weighted by atomic mass is 14.1. The molecule has 0 aliphatic heterocycles. The van der Waals surface area contributed by atoms with Crippen molar-refractivity contribution in [3.05, 3.63) is 36.0 Å². The van der Waals surface area contributed by atoms with Gasteiger partial charge in [-0.05, 0) is 46.5 Å². The molecule has 0 saturated heterocycles. The molecule has 0 amide bonds. The second kappa shape index (κ2) is 25.9. The van der Waals surface area contributed by atoms with Gasteiger partial charge in [0.05, 0.1) is 0 Å². The quantitative estimate of drug-likeness (QED) is 0.427. The summed E-state index contributed by atoms with van der Waals surface area (Å²) in [4.78, 5) is 0. The highest BCUT2D eigenvalue weighted by molar-refractivity contribution is 5.26. The standard InChI is InChI=1S/C11H18.3C2H6.C2H4/c1-9(2)10(3)8-11-6-4-5-7-11;4*1-2/h8H,4-7H2,1-3H3;3*1-2H3;1-2H2. The fourth-order valence-electron chi connectivity index (χ4n) is 1.42. The summed E-state index contributed by atoms with van der Waals surface area (Å²) < 4.78 is 0. The molecule has 1 fully saturated rings. The number of hydrogen-bond donors (Lipinski definition) is 0. The zero-order valence-electron chi connectivity index (χ0n) is 15.3. The molecule has 19 heavy (non-hydrogen) atoms. The molecule has 1 aliphatic rings. The number of rotatable bonds is 1. The third-order valence-corrected chi connectivity index (χ3v) is 2.46. The van der Waals surface area contributed by atoms with Gasteiger partial charge in [0, 0.05) is 0 Å². The molecule has 0 N–H and O–H groups in total. The Morgan fingerprint density at radius 3 is 1.37 bits per heavy atom. The first-order valence-electron chi connectivity index (χ1n) is 8.03. The van der Waals surface area contributed by atoms with Crippen LogP contribution in [0.4, 0.5) is 0 Å². The third-order valence-electron chi connectivity index (χ3n) is 2.46. The van der Waals surface area contributed by atoms with Crippen LogP contribution >= 0.6 is 0 Å². The molecule has 0 aromatic carbocycles. The Hall–Kier alpha value is -0.780. The van der Waals surface area contributed by atoms with Crippen molar-refractivity contribution < 1.29 is 0 Å². The molecule has 0 heterocycles. The lowest BCUT2D eigenvalue weighted by Crippen LogP contribution is -1.78. The summed E-state index contributed by atoms with van der Waals surface area (Å²) in [5.74, 6) is 0. The predicted octanol–water partition coefficient (Wildman–Crippen LogP) is 7.72.